The van der Waals surface area contributed by atoms with Gasteiger partial charge in [-0.3, -0.25) is 4.79 Å². The monoisotopic (exact) mass is 377 g/mol. The van der Waals surface area contributed by atoms with Crippen molar-refractivity contribution in [3.63, 3.8) is 0 Å². The Hall–Kier alpha value is -1.85. The summed E-state index contributed by atoms with van der Waals surface area (Å²) in [7, 11) is 0. The maximum Gasteiger partial charge on any atom is 0.341 e. The molecule has 0 unspecified atom stereocenters. The number of carbonyl (C=O) groups excluding carboxylic acids is 2. The largest absolute Gasteiger partial charge is 0.462 e. The highest BCUT2D eigenvalue weighted by Gasteiger charge is 2.27. The van der Waals surface area contributed by atoms with Gasteiger partial charge in [0, 0.05) is 15.5 Å². The third-order valence-corrected chi connectivity index (χ3v) is 5.93. The minimum Gasteiger partial charge on any atom is -0.462 e. The predicted molar refractivity (Wildman–Crippen MR) is 101 cm³/mol. The standard InChI is InChI=1S/C19H20ClNO3S/c1-3-24-19(23)16-13-6-4-5-7-15(13)25-18(16)21-17(22)12-9-8-11(2)14(20)10-12/h8-10H,3-7H2,1-2H3,(H,21,22). The van der Waals surface area contributed by atoms with Gasteiger partial charge in [0.25, 0.3) is 5.91 Å². The van der Waals surface area contributed by atoms with Crippen LogP contribution in [0.4, 0.5) is 5.00 Å². The zero-order chi connectivity index (χ0) is 18.0. The number of rotatable bonds is 4. The molecule has 1 amide bonds. The molecular formula is C19H20ClNO3S. The van der Waals surface area contributed by atoms with Crippen LogP contribution >= 0.6 is 22.9 Å². The molecule has 1 heterocycles. The number of amides is 1. The average molecular weight is 378 g/mol. The van der Waals surface area contributed by atoms with E-state index in [-0.39, 0.29) is 11.9 Å². The van der Waals surface area contributed by atoms with Crippen molar-refractivity contribution in [3.8, 4) is 0 Å². The molecule has 6 heteroatoms. The lowest BCUT2D eigenvalue weighted by molar-refractivity contribution is 0.0526. The summed E-state index contributed by atoms with van der Waals surface area (Å²) >= 11 is 7.60. The van der Waals surface area contributed by atoms with Crippen LogP contribution in [-0.4, -0.2) is 18.5 Å². The Labute approximate surface area is 156 Å². The average Bonchev–Trinajstić information content (AvgIpc) is 2.95. The molecule has 25 heavy (non-hydrogen) atoms. The quantitative estimate of drug-likeness (QED) is 0.761. The zero-order valence-corrected chi connectivity index (χ0v) is 15.9. The fourth-order valence-corrected chi connectivity index (χ4v) is 4.44. The first kappa shape index (κ1) is 18.0. The van der Waals surface area contributed by atoms with Crippen molar-refractivity contribution in [1.29, 1.82) is 0 Å². The second-order valence-corrected chi connectivity index (χ2v) is 7.57. The summed E-state index contributed by atoms with van der Waals surface area (Å²) in [6.45, 7) is 3.98. The summed E-state index contributed by atoms with van der Waals surface area (Å²) < 4.78 is 5.21. The third-order valence-electron chi connectivity index (χ3n) is 4.31. The molecular weight excluding hydrogens is 358 g/mol. The number of esters is 1. The number of aryl methyl sites for hydroxylation is 2. The summed E-state index contributed by atoms with van der Waals surface area (Å²) in [6.07, 6.45) is 3.96. The number of benzene rings is 1. The number of carbonyl (C=O) groups is 2. The molecule has 1 aromatic heterocycles. The van der Waals surface area contributed by atoms with Crippen LogP contribution in [-0.2, 0) is 17.6 Å². The third kappa shape index (κ3) is 3.72. The molecule has 4 nitrogen and oxygen atoms in total. The molecule has 0 bridgehead atoms. The molecule has 2 aromatic rings. The molecule has 0 saturated carbocycles. The van der Waals surface area contributed by atoms with Crippen molar-refractivity contribution < 1.29 is 14.3 Å². The zero-order valence-electron chi connectivity index (χ0n) is 14.3. The van der Waals surface area contributed by atoms with Gasteiger partial charge in [-0.15, -0.1) is 11.3 Å². The van der Waals surface area contributed by atoms with Crippen molar-refractivity contribution in [2.24, 2.45) is 0 Å². The molecule has 0 radical (unpaired) electrons. The molecule has 0 spiro atoms. The predicted octanol–water partition coefficient (Wildman–Crippen LogP) is 5.02. The van der Waals surface area contributed by atoms with E-state index in [0.717, 1.165) is 36.8 Å². The number of hydrogen-bond acceptors (Lipinski definition) is 4. The minimum absolute atomic E-state index is 0.272. The van der Waals surface area contributed by atoms with Gasteiger partial charge in [0.2, 0.25) is 0 Å². The first-order valence-corrected chi connectivity index (χ1v) is 9.59. The number of anilines is 1. The highest BCUT2D eigenvalue weighted by Crippen LogP contribution is 2.38. The molecule has 0 saturated heterocycles. The Morgan fingerprint density at radius 1 is 1.28 bits per heavy atom. The maximum absolute atomic E-state index is 12.6. The maximum atomic E-state index is 12.6. The van der Waals surface area contributed by atoms with Crippen LogP contribution in [0.2, 0.25) is 5.02 Å². The van der Waals surface area contributed by atoms with E-state index in [2.05, 4.69) is 5.32 Å². The molecule has 3 rings (SSSR count). The summed E-state index contributed by atoms with van der Waals surface area (Å²) in [6, 6.07) is 5.18. The second kappa shape index (κ2) is 7.58. The van der Waals surface area contributed by atoms with Gasteiger partial charge in [-0.25, -0.2) is 4.79 Å². The number of ether oxygens (including phenoxy) is 1. The normalized spacial score (nSPS) is 13.2. The summed E-state index contributed by atoms with van der Waals surface area (Å²) in [5, 5.41) is 4.01. The van der Waals surface area contributed by atoms with E-state index in [4.69, 9.17) is 16.3 Å². The van der Waals surface area contributed by atoms with E-state index in [9.17, 15) is 9.59 Å². The molecule has 132 valence electrons. The summed E-state index contributed by atoms with van der Waals surface area (Å²) in [5.74, 6) is -0.634. The van der Waals surface area contributed by atoms with Crippen molar-refractivity contribution >= 4 is 39.8 Å². The highest BCUT2D eigenvalue weighted by molar-refractivity contribution is 7.17. The van der Waals surface area contributed by atoms with Crippen molar-refractivity contribution in [2.45, 2.75) is 39.5 Å². The number of thiophene rings is 1. The lowest BCUT2D eigenvalue weighted by Crippen LogP contribution is -2.15. The molecule has 0 atom stereocenters. The van der Waals surface area contributed by atoms with E-state index in [0.29, 0.717) is 27.8 Å². The van der Waals surface area contributed by atoms with Crippen LogP contribution in [0.1, 0.15) is 56.5 Å². The lowest BCUT2D eigenvalue weighted by atomic mass is 9.95. The van der Waals surface area contributed by atoms with Gasteiger partial charge in [-0.05, 0) is 62.8 Å². The number of hydrogen-bond donors (Lipinski definition) is 1. The first-order chi connectivity index (χ1) is 12.0. The van der Waals surface area contributed by atoms with E-state index >= 15 is 0 Å². The summed E-state index contributed by atoms with van der Waals surface area (Å²) in [4.78, 5) is 26.2. The van der Waals surface area contributed by atoms with Gasteiger partial charge in [-0.2, -0.15) is 0 Å². The number of fused-ring (bicyclic) bond motifs is 1. The van der Waals surface area contributed by atoms with Crippen LogP contribution in [0.3, 0.4) is 0 Å². The smallest absolute Gasteiger partial charge is 0.341 e. The molecule has 1 aromatic carbocycles. The van der Waals surface area contributed by atoms with Crippen LogP contribution in [0.25, 0.3) is 0 Å². The van der Waals surface area contributed by atoms with E-state index in [1.807, 2.05) is 13.0 Å². The summed E-state index contributed by atoms with van der Waals surface area (Å²) in [5.41, 5.74) is 2.94. The van der Waals surface area contributed by atoms with Crippen molar-refractivity contribution in [2.75, 3.05) is 11.9 Å². The Bertz CT molecular complexity index is 828. The second-order valence-electron chi connectivity index (χ2n) is 6.05. The Balaban J connectivity index is 1.93. The van der Waals surface area contributed by atoms with Crippen LogP contribution in [0, 0.1) is 6.92 Å². The molecule has 1 aliphatic rings. The van der Waals surface area contributed by atoms with Crippen molar-refractivity contribution in [3.05, 3.63) is 50.4 Å². The Morgan fingerprint density at radius 2 is 2.04 bits per heavy atom. The molecule has 1 N–H and O–H groups in total. The van der Waals surface area contributed by atoms with E-state index in [1.165, 1.54) is 16.2 Å². The van der Waals surface area contributed by atoms with Gasteiger partial charge in [0.1, 0.15) is 5.00 Å². The SMILES string of the molecule is CCOC(=O)c1c(NC(=O)c2ccc(C)c(Cl)c2)sc2c1CCCC2. The van der Waals surface area contributed by atoms with E-state index < -0.39 is 0 Å². The fraction of sp³-hybridized carbons (Fsp3) is 0.368. The number of halogens is 1. The van der Waals surface area contributed by atoms with Gasteiger partial charge in [0.15, 0.2) is 0 Å². The Morgan fingerprint density at radius 3 is 2.76 bits per heavy atom. The highest BCUT2D eigenvalue weighted by atomic mass is 35.5. The van der Waals surface area contributed by atoms with Gasteiger partial charge >= 0.3 is 5.97 Å². The van der Waals surface area contributed by atoms with Gasteiger partial charge in [0.05, 0.1) is 12.2 Å². The minimum atomic E-state index is -0.362. The molecule has 1 aliphatic carbocycles. The van der Waals surface area contributed by atoms with Gasteiger partial charge < -0.3 is 10.1 Å². The Kier molecular flexibility index (Phi) is 5.45. The van der Waals surface area contributed by atoms with E-state index in [1.54, 1.807) is 19.1 Å². The van der Waals surface area contributed by atoms with Crippen LogP contribution < -0.4 is 5.32 Å². The lowest BCUT2D eigenvalue weighted by Gasteiger charge is -2.12. The van der Waals surface area contributed by atoms with Crippen molar-refractivity contribution in [1.82, 2.24) is 0 Å². The topological polar surface area (TPSA) is 55.4 Å². The fourth-order valence-electron chi connectivity index (χ4n) is 2.98. The number of nitrogens with one attached hydrogen (secondary N) is 1. The van der Waals surface area contributed by atoms with Gasteiger partial charge in [-0.1, -0.05) is 17.7 Å². The molecule has 0 aliphatic heterocycles. The first-order valence-electron chi connectivity index (χ1n) is 8.40. The van der Waals surface area contributed by atoms with Crippen LogP contribution in [0.15, 0.2) is 18.2 Å². The molecule has 0 fully saturated rings. The van der Waals surface area contributed by atoms with Crippen LogP contribution in [0.5, 0.6) is 0 Å².